The lowest BCUT2D eigenvalue weighted by Gasteiger charge is -2.21. The highest BCUT2D eigenvalue weighted by Crippen LogP contribution is 2.51. The monoisotopic (exact) mass is 408 g/mol. The van der Waals surface area contributed by atoms with E-state index in [-0.39, 0.29) is 6.16 Å². The molecule has 0 saturated carbocycles. The van der Waals surface area contributed by atoms with Gasteiger partial charge in [-0.2, -0.15) is 0 Å². The van der Waals surface area contributed by atoms with Crippen LogP contribution in [0.5, 0.6) is 23.0 Å². The van der Waals surface area contributed by atoms with Gasteiger partial charge in [0.15, 0.2) is 23.0 Å². The quantitative estimate of drug-likeness (QED) is 0.656. The van der Waals surface area contributed by atoms with E-state index < -0.39 is 7.60 Å². The minimum absolute atomic E-state index is 0.182. The maximum absolute atomic E-state index is 13.3. The second-order valence-corrected chi connectivity index (χ2v) is 8.14. The fourth-order valence-corrected chi connectivity index (χ4v) is 3.68. The van der Waals surface area contributed by atoms with E-state index in [0.717, 1.165) is 0 Å². The Kier molecular flexibility index (Phi) is 7.60. The Morgan fingerprint density at radius 3 is 1.50 bits per heavy atom. The van der Waals surface area contributed by atoms with Gasteiger partial charge in [-0.1, -0.05) is 31.2 Å². The second kappa shape index (κ2) is 10.4. The van der Waals surface area contributed by atoms with Crippen molar-refractivity contribution in [2.75, 3.05) is 45.8 Å². The summed E-state index contributed by atoms with van der Waals surface area (Å²) in [6.45, 7) is 4.16. The Hall–Kier alpha value is -2.21. The molecule has 1 heterocycles. The minimum atomic E-state index is -3.49. The van der Waals surface area contributed by atoms with Crippen molar-refractivity contribution in [3.63, 3.8) is 0 Å². The Labute approximate surface area is 165 Å². The van der Waals surface area contributed by atoms with Gasteiger partial charge in [0.2, 0.25) is 0 Å². The van der Waals surface area contributed by atoms with Crippen LogP contribution < -0.4 is 18.5 Å². The molecule has 1 aliphatic heterocycles. The van der Waals surface area contributed by atoms with Crippen LogP contribution in [0.2, 0.25) is 0 Å². The summed E-state index contributed by atoms with van der Waals surface area (Å²) in [4.78, 5) is 0. The van der Waals surface area contributed by atoms with Crippen LogP contribution in [0.25, 0.3) is 0 Å². The smallest absolute Gasteiger partial charge is 0.430 e. The van der Waals surface area contributed by atoms with E-state index in [1.54, 1.807) is 43.3 Å². The van der Waals surface area contributed by atoms with Crippen molar-refractivity contribution in [3.8, 4) is 23.0 Å². The number of hydrogen-bond acceptors (Lipinski definition) is 7. The van der Waals surface area contributed by atoms with Crippen molar-refractivity contribution in [3.05, 3.63) is 48.5 Å². The highest BCUT2D eigenvalue weighted by Gasteiger charge is 2.28. The van der Waals surface area contributed by atoms with Gasteiger partial charge in [-0.3, -0.25) is 0 Å². The summed E-state index contributed by atoms with van der Waals surface area (Å²) in [6.07, 6.45) is 0.182. The van der Waals surface area contributed by atoms with Crippen LogP contribution in [0.1, 0.15) is 6.92 Å². The summed E-state index contributed by atoms with van der Waals surface area (Å²) >= 11 is 0. The average molecular weight is 408 g/mol. The number of hydrogen-bond donors (Lipinski definition) is 0. The topological polar surface area (TPSA) is 72.5 Å². The first-order chi connectivity index (χ1) is 13.7. The fourth-order valence-electron chi connectivity index (χ4n) is 2.48. The summed E-state index contributed by atoms with van der Waals surface area (Å²) < 4.78 is 47.3. The van der Waals surface area contributed by atoms with Crippen LogP contribution >= 0.6 is 7.60 Å². The standard InChI is InChI=1S/C20H25O7P/c1-2-28(21)26-19-9-5-3-7-17(19)24-15-13-22-11-12-23-14-16-25-18-8-4-6-10-20(18)27-28/h3-10H,2,11-16H2,1H3. The number of ether oxygens (including phenoxy) is 4. The van der Waals surface area contributed by atoms with E-state index in [9.17, 15) is 4.57 Å². The highest BCUT2D eigenvalue weighted by molar-refractivity contribution is 7.54. The zero-order valence-corrected chi connectivity index (χ0v) is 16.8. The third kappa shape index (κ3) is 5.89. The maximum Gasteiger partial charge on any atom is 0.430 e. The summed E-state index contributed by atoms with van der Waals surface area (Å²) in [7, 11) is -3.49. The Balaban J connectivity index is 1.85. The number of fused-ring (bicyclic) bond motifs is 2. The van der Waals surface area contributed by atoms with Crippen LogP contribution in [0.3, 0.4) is 0 Å². The zero-order chi connectivity index (χ0) is 19.7. The van der Waals surface area contributed by atoms with Crippen molar-refractivity contribution in [1.29, 1.82) is 0 Å². The van der Waals surface area contributed by atoms with E-state index in [4.69, 9.17) is 28.0 Å². The Morgan fingerprint density at radius 1 is 0.679 bits per heavy atom. The van der Waals surface area contributed by atoms with Crippen molar-refractivity contribution in [2.24, 2.45) is 0 Å². The van der Waals surface area contributed by atoms with Crippen molar-refractivity contribution in [1.82, 2.24) is 0 Å². The molecule has 0 N–H and O–H groups in total. The molecular formula is C20H25O7P. The summed E-state index contributed by atoms with van der Waals surface area (Å²) in [6, 6.07) is 14.1. The lowest BCUT2D eigenvalue weighted by atomic mass is 10.3. The molecule has 0 radical (unpaired) electrons. The van der Waals surface area contributed by atoms with Gasteiger partial charge in [-0.15, -0.1) is 0 Å². The van der Waals surface area contributed by atoms with Crippen LogP contribution in [-0.2, 0) is 14.0 Å². The maximum atomic E-state index is 13.3. The van der Waals surface area contributed by atoms with E-state index in [2.05, 4.69) is 0 Å². The summed E-state index contributed by atoms with van der Waals surface area (Å²) in [5.41, 5.74) is 0. The third-order valence-corrected chi connectivity index (χ3v) is 5.63. The second-order valence-electron chi connectivity index (χ2n) is 5.92. The molecule has 0 unspecified atom stereocenters. The number of para-hydroxylation sites is 4. The van der Waals surface area contributed by atoms with Crippen LogP contribution in [-0.4, -0.2) is 45.8 Å². The molecule has 152 valence electrons. The minimum Gasteiger partial charge on any atom is -0.487 e. The van der Waals surface area contributed by atoms with Crippen LogP contribution in [0.4, 0.5) is 0 Å². The molecule has 8 heteroatoms. The molecule has 1 aliphatic rings. The van der Waals surface area contributed by atoms with Gasteiger partial charge in [0.05, 0.1) is 32.6 Å². The van der Waals surface area contributed by atoms with Gasteiger partial charge >= 0.3 is 7.60 Å². The molecule has 28 heavy (non-hydrogen) atoms. The van der Waals surface area contributed by atoms with E-state index in [0.29, 0.717) is 62.6 Å². The summed E-state index contributed by atoms with van der Waals surface area (Å²) in [5, 5.41) is 0. The molecule has 0 spiro atoms. The van der Waals surface area contributed by atoms with Gasteiger partial charge in [0, 0.05) is 0 Å². The van der Waals surface area contributed by atoms with Crippen LogP contribution in [0.15, 0.2) is 48.5 Å². The molecule has 0 bridgehead atoms. The van der Waals surface area contributed by atoms with Crippen molar-refractivity contribution < 1.29 is 32.6 Å². The van der Waals surface area contributed by atoms with Gasteiger partial charge in [0.1, 0.15) is 13.2 Å². The molecule has 0 atom stereocenters. The Morgan fingerprint density at radius 2 is 1.07 bits per heavy atom. The van der Waals surface area contributed by atoms with E-state index >= 15 is 0 Å². The molecule has 0 saturated heterocycles. The van der Waals surface area contributed by atoms with Crippen LogP contribution in [0, 0.1) is 0 Å². The lowest BCUT2D eigenvalue weighted by Crippen LogP contribution is -2.13. The molecular weight excluding hydrogens is 383 g/mol. The molecule has 2 aromatic carbocycles. The van der Waals surface area contributed by atoms with Gasteiger partial charge in [-0.25, -0.2) is 4.57 Å². The van der Waals surface area contributed by atoms with Gasteiger partial charge < -0.3 is 28.0 Å². The first-order valence-corrected chi connectivity index (χ1v) is 11.0. The first kappa shape index (κ1) is 20.5. The SMILES string of the molecule is CCP1(=O)Oc2ccccc2OCCOCCOCCOc2ccccc2O1. The highest BCUT2D eigenvalue weighted by atomic mass is 31.2. The molecule has 0 fully saturated rings. The largest absolute Gasteiger partial charge is 0.487 e. The molecule has 7 nitrogen and oxygen atoms in total. The fraction of sp³-hybridized carbons (Fsp3) is 0.400. The van der Waals surface area contributed by atoms with Gasteiger partial charge in [-0.05, 0) is 24.3 Å². The predicted molar refractivity (Wildman–Crippen MR) is 105 cm³/mol. The summed E-state index contributed by atoms with van der Waals surface area (Å²) in [5.74, 6) is 1.68. The normalized spacial score (nSPS) is 18.0. The first-order valence-electron chi connectivity index (χ1n) is 9.27. The molecule has 0 aliphatic carbocycles. The van der Waals surface area contributed by atoms with Gasteiger partial charge in [0.25, 0.3) is 0 Å². The van der Waals surface area contributed by atoms with Crippen molar-refractivity contribution >= 4 is 7.60 Å². The third-order valence-electron chi connectivity index (χ3n) is 3.90. The predicted octanol–water partition coefficient (Wildman–Crippen LogP) is 4.16. The number of rotatable bonds is 1. The van der Waals surface area contributed by atoms with E-state index in [1.165, 1.54) is 0 Å². The zero-order valence-electron chi connectivity index (χ0n) is 15.9. The Bertz CT molecular complexity index is 734. The van der Waals surface area contributed by atoms with E-state index in [1.807, 2.05) is 12.1 Å². The lowest BCUT2D eigenvalue weighted by molar-refractivity contribution is 0.0272. The molecule has 2 aromatic rings. The average Bonchev–Trinajstić information content (AvgIpc) is 2.71. The number of benzene rings is 2. The van der Waals surface area contributed by atoms with Crippen molar-refractivity contribution in [2.45, 2.75) is 6.92 Å². The molecule has 0 aromatic heterocycles. The molecule has 3 rings (SSSR count). The molecule has 0 amide bonds.